The number of carbonyl (C=O) groups excluding carboxylic acids is 2. The lowest BCUT2D eigenvalue weighted by Crippen LogP contribution is -2.18. The summed E-state index contributed by atoms with van der Waals surface area (Å²) in [6.07, 6.45) is 1.72. The third kappa shape index (κ3) is 6.27. The average molecular weight is 454 g/mol. The summed E-state index contributed by atoms with van der Waals surface area (Å²) in [7, 11) is 0. The minimum Gasteiger partial charge on any atom is -0.326 e. The maximum absolute atomic E-state index is 13.0. The Hall–Kier alpha value is -3.46. The topological polar surface area (TPSA) is 88.9 Å². The lowest BCUT2D eigenvalue weighted by molar-refractivity contribution is -0.116. The van der Waals surface area contributed by atoms with Crippen molar-refractivity contribution in [2.45, 2.75) is 32.0 Å². The lowest BCUT2D eigenvalue weighted by Gasteiger charge is -2.09. The van der Waals surface area contributed by atoms with Gasteiger partial charge in [0.05, 0.1) is 12.2 Å². The van der Waals surface area contributed by atoms with Gasteiger partial charge in [-0.25, -0.2) is 4.39 Å². The van der Waals surface area contributed by atoms with Gasteiger partial charge in [-0.3, -0.25) is 9.59 Å². The number of hydrogen-bond donors (Lipinski definition) is 2. The van der Waals surface area contributed by atoms with Gasteiger partial charge in [0.15, 0.2) is 5.16 Å². The van der Waals surface area contributed by atoms with Crippen LogP contribution in [0, 0.1) is 19.7 Å². The van der Waals surface area contributed by atoms with Gasteiger partial charge in [-0.05, 0) is 61.4 Å². The molecule has 166 valence electrons. The molecule has 2 N–H and O–H groups in total. The van der Waals surface area contributed by atoms with Gasteiger partial charge < -0.3 is 15.2 Å². The molecule has 0 aliphatic heterocycles. The number of rotatable bonds is 9. The number of amides is 2. The monoisotopic (exact) mass is 453 g/mol. The van der Waals surface area contributed by atoms with E-state index in [9.17, 15) is 14.0 Å². The van der Waals surface area contributed by atoms with Crippen LogP contribution in [-0.4, -0.2) is 32.3 Å². The third-order valence-electron chi connectivity index (χ3n) is 4.67. The van der Waals surface area contributed by atoms with E-state index in [2.05, 4.69) is 27.4 Å². The van der Waals surface area contributed by atoms with Crippen LogP contribution in [0.1, 0.15) is 17.0 Å². The number of aryl methyl sites for hydroxylation is 2. The van der Waals surface area contributed by atoms with Gasteiger partial charge >= 0.3 is 0 Å². The van der Waals surface area contributed by atoms with Crippen molar-refractivity contribution in [3.8, 4) is 0 Å². The van der Waals surface area contributed by atoms with Crippen LogP contribution in [0.25, 0.3) is 0 Å². The van der Waals surface area contributed by atoms with E-state index in [0.29, 0.717) is 23.2 Å². The van der Waals surface area contributed by atoms with Crippen LogP contribution in [0.2, 0.25) is 0 Å². The predicted octanol–water partition coefficient (Wildman–Crippen LogP) is 4.13. The fourth-order valence-corrected chi connectivity index (χ4v) is 3.66. The quantitative estimate of drug-likeness (QED) is 0.376. The average Bonchev–Trinajstić information content (AvgIpc) is 3.12. The number of benzene rings is 2. The van der Waals surface area contributed by atoms with Crippen molar-refractivity contribution < 1.29 is 14.0 Å². The zero-order valence-corrected chi connectivity index (χ0v) is 18.7. The highest BCUT2D eigenvalue weighted by Gasteiger charge is 2.16. The number of hydrogen-bond acceptors (Lipinski definition) is 5. The Morgan fingerprint density at radius 2 is 1.72 bits per heavy atom. The van der Waals surface area contributed by atoms with Gasteiger partial charge in [0.2, 0.25) is 11.8 Å². The fourth-order valence-electron chi connectivity index (χ4n) is 2.90. The van der Waals surface area contributed by atoms with Crippen LogP contribution in [0.15, 0.2) is 60.3 Å². The van der Waals surface area contributed by atoms with Gasteiger partial charge in [0, 0.05) is 17.9 Å². The molecule has 1 aromatic heterocycles. The van der Waals surface area contributed by atoms with E-state index in [-0.39, 0.29) is 29.8 Å². The molecule has 0 fully saturated rings. The summed E-state index contributed by atoms with van der Waals surface area (Å²) in [5, 5.41) is 14.3. The Labute approximate surface area is 190 Å². The number of carbonyl (C=O) groups is 2. The van der Waals surface area contributed by atoms with Crippen LogP contribution < -0.4 is 10.6 Å². The van der Waals surface area contributed by atoms with Gasteiger partial charge in [-0.1, -0.05) is 23.9 Å². The molecule has 7 nitrogen and oxygen atoms in total. The van der Waals surface area contributed by atoms with Crippen LogP contribution in [0.3, 0.4) is 0 Å². The molecule has 2 aromatic carbocycles. The summed E-state index contributed by atoms with van der Waals surface area (Å²) < 4.78 is 14.7. The molecule has 0 bridgehead atoms. The van der Waals surface area contributed by atoms with Crippen molar-refractivity contribution in [1.82, 2.24) is 14.8 Å². The third-order valence-corrected chi connectivity index (χ3v) is 5.64. The van der Waals surface area contributed by atoms with Crippen molar-refractivity contribution in [2.75, 3.05) is 16.4 Å². The second kappa shape index (κ2) is 10.7. The van der Waals surface area contributed by atoms with E-state index >= 15 is 0 Å². The molecule has 32 heavy (non-hydrogen) atoms. The fraction of sp³-hybridized carbons (Fsp3) is 0.217. The molecule has 0 aliphatic rings. The molecule has 9 heteroatoms. The van der Waals surface area contributed by atoms with Crippen molar-refractivity contribution in [2.24, 2.45) is 0 Å². The molecule has 1 heterocycles. The first-order valence-electron chi connectivity index (χ1n) is 9.94. The highest BCUT2D eigenvalue weighted by Crippen LogP contribution is 2.19. The maximum Gasteiger partial charge on any atom is 0.234 e. The van der Waals surface area contributed by atoms with E-state index in [1.165, 1.54) is 36.0 Å². The van der Waals surface area contributed by atoms with Gasteiger partial charge in [0.1, 0.15) is 11.6 Å². The van der Waals surface area contributed by atoms with Crippen molar-refractivity contribution in [1.29, 1.82) is 0 Å². The molecule has 0 radical (unpaired) electrons. The molecule has 3 aromatic rings. The summed E-state index contributed by atoms with van der Waals surface area (Å²) >= 11 is 1.20. The van der Waals surface area contributed by atoms with E-state index < -0.39 is 0 Å². The predicted molar refractivity (Wildman–Crippen MR) is 124 cm³/mol. The number of thioether (sulfide) groups is 1. The van der Waals surface area contributed by atoms with Crippen LogP contribution >= 0.6 is 11.8 Å². The Bertz CT molecular complexity index is 1130. The lowest BCUT2D eigenvalue weighted by atomic mass is 10.1. The molecule has 2 amide bonds. The molecule has 3 rings (SSSR count). The number of nitrogens with one attached hydrogen (secondary N) is 2. The normalized spacial score (nSPS) is 10.6. The SMILES string of the molecule is C=CCn1c(CC(=O)Nc2ccc(C)c(C)c2)nnc1SCC(=O)Nc1ccc(F)cc1. The summed E-state index contributed by atoms with van der Waals surface area (Å²) in [5.41, 5.74) is 3.47. The minimum atomic E-state index is -0.371. The first kappa shape index (κ1) is 23.2. The standard InChI is InChI=1S/C23H24FN5O2S/c1-4-11-29-20(13-21(30)26-19-8-5-15(2)16(3)12-19)27-28-23(29)32-14-22(31)25-18-9-6-17(24)7-10-18/h4-10,12H,1,11,13-14H2,2-3H3,(H,25,31)(H,26,30). The number of nitrogens with zero attached hydrogens (tertiary/aromatic N) is 3. The Balaban J connectivity index is 1.61. The summed E-state index contributed by atoms with van der Waals surface area (Å²) in [4.78, 5) is 24.7. The molecule has 0 atom stereocenters. The number of aromatic nitrogens is 3. The largest absolute Gasteiger partial charge is 0.326 e. The van der Waals surface area contributed by atoms with E-state index in [1.54, 1.807) is 10.6 Å². The molecule has 0 saturated heterocycles. The molecular formula is C23H24FN5O2S. The number of anilines is 2. The first-order chi connectivity index (χ1) is 15.4. The highest BCUT2D eigenvalue weighted by atomic mass is 32.2. The number of allylic oxidation sites excluding steroid dienone is 1. The highest BCUT2D eigenvalue weighted by molar-refractivity contribution is 7.99. The van der Waals surface area contributed by atoms with Gasteiger partial charge in [-0.15, -0.1) is 16.8 Å². The Kier molecular flexibility index (Phi) is 7.77. The summed E-state index contributed by atoms with van der Waals surface area (Å²) in [5.74, 6) is -0.279. The van der Waals surface area contributed by atoms with Crippen molar-refractivity contribution >= 4 is 35.0 Å². The Morgan fingerprint density at radius 1 is 1.03 bits per heavy atom. The van der Waals surface area contributed by atoms with Crippen LogP contribution in [0.4, 0.5) is 15.8 Å². The minimum absolute atomic E-state index is 0.0378. The molecule has 0 spiro atoms. The van der Waals surface area contributed by atoms with E-state index in [0.717, 1.165) is 16.8 Å². The van der Waals surface area contributed by atoms with Crippen molar-refractivity contribution in [3.05, 3.63) is 77.9 Å². The zero-order chi connectivity index (χ0) is 23.1. The zero-order valence-electron chi connectivity index (χ0n) is 17.9. The second-order valence-corrected chi connectivity index (χ2v) is 8.11. The van der Waals surface area contributed by atoms with Crippen LogP contribution in [0.5, 0.6) is 0 Å². The van der Waals surface area contributed by atoms with E-state index in [4.69, 9.17) is 0 Å². The van der Waals surface area contributed by atoms with Gasteiger partial charge in [-0.2, -0.15) is 0 Å². The first-order valence-corrected chi connectivity index (χ1v) is 10.9. The van der Waals surface area contributed by atoms with Crippen molar-refractivity contribution in [3.63, 3.8) is 0 Å². The summed E-state index contributed by atoms with van der Waals surface area (Å²) in [6, 6.07) is 11.3. The van der Waals surface area contributed by atoms with Gasteiger partial charge in [0.25, 0.3) is 0 Å². The molecule has 0 unspecified atom stereocenters. The molecule has 0 saturated carbocycles. The number of halogens is 1. The summed E-state index contributed by atoms with van der Waals surface area (Å²) in [6.45, 7) is 8.15. The van der Waals surface area contributed by atoms with Crippen LogP contribution in [-0.2, 0) is 22.6 Å². The smallest absolute Gasteiger partial charge is 0.234 e. The Morgan fingerprint density at radius 3 is 2.41 bits per heavy atom. The second-order valence-electron chi connectivity index (χ2n) is 7.17. The van der Waals surface area contributed by atoms with E-state index in [1.807, 2.05) is 32.0 Å². The molecule has 0 aliphatic carbocycles. The molecular weight excluding hydrogens is 429 g/mol. The maximum atomic E-state index is 13.0.